The smallest absolute Gasteiger partial charge is 0.0470 e. The summed E-state index contributed by atoms with van der Waals surface area (Å²) in [5, 5.41) is 0. The van der Waals surface area contributed by atoms with Crippen molar-refractivity contribution < 1.29 is 4.89 Å². The van der Waals surface area contributed by atoms with Crippen LogP contribution in [0.15, 0.2) is 0 Å². The van der Waals surface area contributed by atoms with Gasteiger partial charge in [0, 0.05) is 0 Å². The first kappa shape index (κ1) is 10.4. The summed E-state index contributed by atoms with van der Waals surface area (Å²) in [6.45, 7) is 4.28. The van der Waals surface area contributed by atoms with Crippen LogP contribution in [0.25, 0.3) is 0 Å². The number of rotatable bonds is 6. The largest absolute Gasteiger partial charge is 0.829 e. The van der Waals surface area contributed by atoms with Crippen molar-refractivity contribution in [1.29, 1.82) is 0 Å². The maximum atomic E-state index is 11.1. The van der Waals surface area contributed by atoms with Gasteiger partial charge in [-0.3, -0.25) is 0 Å². The van der Waals surface area contributed by atoms with Crippen molar-refractivity contribution in [2.45, 2.75) is 39.5 Å². The lowest BCUT2D eigenvalue weighted by molar-refractivity contribution is -0.159. The third kappa shape index (κ3) is 6.51. The van der Waals surface area contributed by atoms with Gasteiger partial charge < -0.3 is 4.89 Å². The van der Waals surface area contributed by atoms with Crippen molar-refractivity contribution in [1.82, 2.24) is 0 Å². The Bertz CT molecular complexity index is 58.3. The highest BCUT2D eigenvalue weighted by Crippen LogP contribution is 2.27. The molecule has 0 N–H and O–H groups in total. The zero-order valence-electron chi connectivity index (χ0n) is 7.10. The topological polar surface area (TPSA) is 23.1 Å². The van der Waals surface area contributed by atoms with E-state index in [1.54, 1.807) is 0 Å². The summed E-state index contributed by atoms with van der Waals surface area (Å²) in [6, 6.07) is 0. The average Bonchev–Trinajstić information content (AvgIpc) is 1.97. The Labute approximate surface area is 65.7 Å². The SMILES string of the molecule is CCCCP([O-])CCCC. The highest BCUT2D eigenvalue weighted by molar-refractivity contribution is 7.50. The molecule has 0 aromatic rings. The lowest BCUT2D eigenvalue weighted by atomic mass is 10.4. The molecule has 10 heavy (non-hydrogen) atoms. The normalized spacial score (nSPS) is 10.8. The predicted molar refractivity (Wildman–Crippen MR) is 46.5 cm³/mol. The van der Waals surface area contributed by atoms with Crippen LogP contribution in [-0.2, 0) is 0 Å². The first-order valence-corrected chi connectivity index (χ1v) is 5.86. The molecular weight excluding hydrogens is 143 g/mol. The van der Waals surface area contributed by atoms with E-state index in [0.29, 0.717) is 0 Å². The Morgan fingerprint density at radius 3 is 1.70 bits per heavy atom. The fourth-order valence-electron chi connectivity index (χ4n) is 0.781. The molecule has 0 aliphatic heterocycles. The molecule has 0 aliphatic carbocycles. The van der Waals surface area contributed by atoms with Crippen LogP contribution in [0.2, 0.25) is 0 Å². The molecule has 0 radical (unpaired) electrons. The van der Waals surface area contributed by atoms with Gasteiger partial charge in [0.1, 0.15) is 0 Å². The van der Waals surface area contributed by atoms with Crippen LogP contribution in [0.4, 0.5) is 0 Å². The molecule has 0 bridgehead atoms. The van der Waals surface area contributed by atoms with Crippen molar-refractivity contribution in [3.05, 3.63) is 0 Å². The van der Waals surface area contributed by atoms with E-state index >= 15 is 0 Å². The molecule has 0 atom stereocenters. The van der Waals surface area contributed by atoms with E-state index in [4.69, 9.17) is 0 Å². The second-order valence-corrected chi connectivity index (χ2v) is 4.49. The van der Waals surface area contributed by atoms with Gasteiger partial charge in [0.15, 0.2) is 0 Å². The average molecular weight is 161 g/mol. The van der Waals surface area contributed by atoms with Crippen LogP contribution in [0.3, 0.4) is 0 Å². The summed E-state index contributed by atoms with van der Waals surface area (Å²) in [5.41, 5.74) is 0. The number of hydrogen-bond acceptors (Lipinski definition) is 1. The van der Waals surface area contributed by atoms with Gasteiger partial charge in [-0.05, 0) is 12.3 Å². The molecule has 1 nitrogen and oxygen atoms in total. The number of unbranched alkanes of at least 4 members (excludes halogenated alkanes) is 2. The molecule has 0 unspecified atom stereocenters. The summed E-state index contributed by atoms with van der Waals surface area (Å²) in [5.74, 6) is 0. The Morgan fingerprint density at radius 1 is 1.00 bits per heavy atom. The molecule has 0 fully saturated rings. The van der Waals surface area contributed by atoms with Gasteiger partial charge >= 0.3 is 0 Å². The Hall–Kier alpha value is 0.390. The van der Waals surface area contributed by atoms with Crippen LogP contribution in [0.5, 0.6) is 0 Å². The standard InChI is InChI=1S/C8H18OP/c1-3-5-7-10(9)8-6-4-2/h3-8H2,1-2H3/q-1. The summed E-state index contributed by atoms with van der Waals surface area (Å²) in [6.07, 6.45) is 6.52. The van der Waals surface area contributed by atoms with Crippen molar-refractivity contribution in [3.8, 4) is 0 Å². The van der Waals surface area contributed by atoms with E-state index in [0.717, 1.165) is 25.2 Å². The highest BCUT2D eigenvalue weighted by Gasteiger charge is 1.90. The monoisotopic (exact) mass is 161 g/mol. The Balaban J connectivity index is 3.00. The van der Waals surface area contributed by atoms with Crippen LogP contribution >= 0.6 is 8.15 Å². The third-order valence-corrected chi connectivity index (χ3v) is 3.15. The minimum absolute atomic E-state index is 0.842. The molecular formula is C8H18OP-. The molecule has 0 heterocycles. The second-order valence-electron chi connectivity index (χ2n) is 2.64. The summed E-state index contributed by atoms with van der Waals surface area (Å²) < 4.78 is 0. The summed E-state index contributed by atoms with van der Waals surface area (Å²) >= 11 is 0. The summed E-state index contributed by atoms with van der Waals surface area (Å²) in [4.78, 5) is 11.1. The van der Waals surface area contributed by atoms with Crippen LogP contribution in [0.1, 0.15) is 39.5 Å². The zero-order chi connectivity index (χ0) is 7.82. The minimum atomic E-state index is -0.842. The molecule has 0 aromatic carbocycles. The lowest BCUT2D eigenvalue weighted by Crippen LogP contribution is -2.02. The lowest BCUT2D eigenvalue weighted by Gasteiger charge is -2.22. The maximum absolute atomic E-state index is 11.1. The molecule has 0 spiro atoms. The fourth-order valence-corrected chi connectivity index (χ4v) is 2.34. The van der Waals surface area contributed by atoms with Gasteiger partial charge in [-0.2, -0.15) is 0 Å². The predicted octanol–water partition coefficient (Wildman–Crippen LogP) is 2.34. The van der Waals surface area contributed by atoms with Gasteiger partial charge in [-0.1, -0.05) is 39.5 Å². The maximum Gasteiger partial charge on any atom is -0.0470 e. The van der Waals surface area contributed by atoms with E-state index in [2.05, 4.69) is 13.8 Å². The van der Waals surface area contributed by atoms with E-state index in [9.17, 15) is 4.89 Å². The molecule has 62 valence electrons. The van der Waals surface area contributed by atoms with Gasteiger partial charge in [-0.15, -0.1) is 0 Å². The van der Waals surface area contributed by atoms with Crippen LogP contribution in [-0.4, -0.2) is 12.3 Å². The van der Waals surface area contributed by atoms with Crippen molar-refractivity contribution in [3.63, 3.8) is 0 Å². The zero-order valence-corrected chi connectivity index (χ0v) is 7.99. The van der Waals surface area contributed by atoms with Gasteiger partial charge in [-0.25, -0.2) is 8.15 Å². The first-order chi connectivity index (χ1) is 4.81. The molecule has 0 saturated carbocycles. The van der Waals surface area contributed by atoms with E-state index in [1.807, 2.05) is 0 Å². The molecule has 0 aromatic heterocycles. The number of hydrogen-bond donors (Lipinski definition) is 0. The van der Waals surface area contributed by atoms with Crippen LogP contribution in [0, 0.1) is 0 Å². The van der Waals surface area contributed by atoms with Gasteiger partial charge in [0.2, 0.25) is 0 Å². The molecule has 0 aliphatic rings. The van der Waals surface area contributed by atoms with Crippen molar-refractivity contribution in [2.24, 2.45) is 0 Å². The van der Waals surface area contributed by atoms with Gasteiger partial charge in [0.05, 0.1) is 0 Å². The fraction of sp³-hybridized carbons (Fsp3) is 1.00. The summed E-state index contributed by atoms with van der Waals surface area (Å²) in [7, 11) is -0.842. The molecule has 2 heteroatoms. The Morgan fingerprint density at radius 2 is 1.40 bits per heavy atom. The van der Waals surface area contributed by atoms with Crippen LogP contribution < -0.4 is 4.89 Å². The second kappa shape index (κ2) is 7.50. The first-order valence-electron chi connectivity index (χ1n) is 4.23. The Kier molecular flexibility index (Phi) is 7.79. The molecule has 0 saturated heterocycles. The molecule has 0 rings (SSSR count). The van der Waals surface area contributed by atoms with E-state index in [1.165, 1.54) is 12.8 Å². The van der Waals surface area contributed by atoms with Crippen molar-refractivity contribution >= 4 is 8.15 Å². The van der Waals surface area contributed by atoms with Crippen molar-refractivity contribution in [2.75, 3.05) is 12.3 Å². The van der Waals surface area contributed by atoms with Gasteiger partial charge in [0.25, 0.3) is 0 Å². The van der Waals surface area contributed by atoms with E-state index in [-0.39, 0.29) is 0 Å². The third-order valence-electron chi connectivity index (χ3n) is 1.52. The quantitative estimate of drug-likeness (QED) is 0.548. The molecule has 0 amide bonds. The van der Waals surface area contributed by atoms with E-state index < -0.39 is 8.15 Å². The minimum Gasteiger partial charge on any atom is -0.829 e. The highest BCUT2D eigenvalue weighted by atomic mass is 31.1.